The Kier molecular flexibility index (Phi) is 4.56. The fourth-order valence-electron chi connectivity index (χ4n) is 1.84. The fourth-order valence-corrected chi connectivity index (χ4v) is 1.84. The predicted molar refractivity (Wildman–Crippen MR) is 82.0 cm³/mol. The number of benzene rings is 2. The number of nitrogens with one attached hydrogen (secondary N) is 2. The number of primary amides is 1. The van der Waals surface area contributed by atoms with Crippen molar-refractivity contribution in [3.8, 4) is 0 Å². The standard InChI is InChI=1S/C16H17N3O2/c1-11-2-4-12(5-3-11)10-18-15(20)13-6-8-14(9-7-13)19-16(17)21/h2-9H,10H2,1H3,(H,18,20)(H3,17,19,21). The van der Waals surface area contributed by atoms with Crippen LogP contribution in [0.5, 0.6) is 0 Å². The summed E-state index contributed by atoms with van der Waals surface area (Å²) in [6, 6.07) is 13.9. The van der Waals surface area contributed by atoms with Gasteiger partial charge in [-0.2, -0.15) is 0 Å². The van der Waals surface area contributed by atoms with Crippen molar-refractivity contribution >= 4 is 17.6 Å². The van der Waals surface area contributed by atoms with Crippen LogP contribution >= 0.6 is 0 Å². The van der Waals surface area contributed by atoms with Crippen LogP contribution in [0.15, 0.2) is 48.5 Å². The quantitative estimate of drug-likeness (QED) is 0.805. The lowest BCUT2D eigenvalue weighted by atomic mass is 10.1. The lowest BCUT2D eigenvalue weighted by Gasteiger charge is -2.07. The van der Waals surface area contributed by atoms with Crippen LogP contribution in [0.4, 0.5) is 10.5 Å². The lowest BCUT2D eigenvalue weighted by molar-refractivity contribution is 0.0951. The number of amides is 3. The molecule has 0 aliphatic carbocycles. The Hall–Kier alpha value is -2.82. The van der Waals surface area contributed by atoms with Gasteiger partial charge in [-0.15, -0.1) is 0 Å². The van der Waals surface area contributed by atoms with Gasteiger partial charge in [0.1, 0.15) is 0 Å². The van der Waals surface area contributed by atoms with Gasteiger partial charge in [0.25, 0.3) is 5.91 Å². The number of rotatable bonds is 4. The highest BCUT2D eigenvalue weighted by molar-refractivity contribution is 5.95. The van der Waals surface area contributed by atoms with E-state index < -0.39 is 6.03 Å². The normalized spacial score (nSPS) is 9.95. The number of aryl methyl sites for hydroxylation is 1. The van der Waals surface area contributed by atoms with Crippen molar-refractivity contribution in [2.24, 2.45) is 5.73 Å². The third-order valence-corrected chi connectivity index (χ3v) is 2.99. The molecule has 108 valence electrons. The molecule has 0 aliphatic rings. The Morgan fingerprint density at radius 2 is 1.62 bits per heavy atom. The number of urea groups is 1. The molecule has 0 radical (unpaired) electrons. The maximum atomic E-state index is 12.0. The van der Waals surface area contributed by atoms with Crippen molar-refractivity contribution in [3.05, 3.63) is 65.2 Å². The summed E-state index contributed by atoms with van der Waals surface area (Å²) in [6.45, 7) is 2.49. The van der Waals surface area contributed by atoms with Gasteiger partial charge in [-0.25, -0.2) is 4.79 Å². The zero-order chi connectivity index (χ0) is 15.2. The highest BCUT2D eigenvalue weighted by Gasteiger charge is 2.05. The van der Waals surface area contributed by atoms with E-state index in [1.807, 2.05) is 31.2 Å². The molecule has 0 saturated heterocycles. The van der Waals surface area contributed by atoms with Gasteiger partial charge in [0.05, 0.1) is 0 Å². The molecule has 0 atom stereocenters. The first kappa shape index (κ1) is 14.6. The topological polar surface area (TPSA) is 84.2 Å². The van der Waals surface area contributed by atoms with E-state index in [9.17, 15) is 9.59 Å². The van der Waals surface area contributed by atoms with E-state index in [1.54, 1.807) is 24.3 Å². The Morgan fingerprint density at radius 3 is 2.19 bits per heavy atom. The van der Waals surface area contributed by atoms with E-state index in [-0.39, 0.29) is 5.91 Å². The van der Waals surface area contributed by atoms with Crippen LogP contribution in [-0.4, -0.2) is 11.9 Å². The smallest absolute Gasteiger partial charge is 0.316 e. The van der Waals surface area contributed by atoms with Gasteiger partial charge in [0.2, 0.25) is 0 Å². The third kappa shape index (κ3) is 4.35. The Balaban J connectivity index is 1.93. The summed E-state index contributed by atoms with van der Waals surface area (Å²) in [5.41, 5.74) is 8.32. The van der Waals surface area contributed by atoms with Gasteiger partial charge in [-0.05, 0) is 36.8 Å². The van der Waals surface area contributed by atoms with Gasteiger partial charge in [-0.3, -0.25) is 4.79 Å². The van der Waals surface area contributed by atoms with Gasteiger partial charge in [-0.1, -0.05) is 29.8 Å². The second-order valence-corrected chi connectivity index (χ2v) is 4.73. The average Bonchev–Trinajstić information content (AvgIpc) is 2.46. The predicted octanol–water partition coefficient (Wildman–Crippen LogP) is 2.42. The highest BCUT2D eigenvalue weighted by atomic mass is 16.2. The number of anilines is 1. The van der Waals surface area contributed by atoms with Crippen LogP contribution in [0.1, 0.15) is 21.5 Å². The molecule has 2 rings (SSSR count). The highest BCUT2D eigenvalue weighted by Crippen LogP contribution is 2.09. The first-order chi connectivity index (χ1) is 10.0. The van der Waals surface area contributed by atoms with Gasteiger partial charge in [0, 0.05) is 17.8 Å². The van der Waals surface area contributed by atoms with Crippen molar-refractivity contribution in [3.63, 3.8) is 0 Å². The molecule has 0 aromatic heterocycles. The Morgan fingerprint density at radius 1 is 1.00 bits per heavy atom. The van der Waals surface area contributed by atoms with Gasteiger partial charge < -0.3 is 16.4 Å². The van der Waals surface area contributed by atoms with Crippen molar-refractivity contribution in [2.75, 3.05) is 5.32 Å². The van der Waals surface area contributed by atoms with E-state index in [0.717, 1.165) is 5.56 Å². The zero-order valence-corrected chi connectivity index (χ0v) is 11.7. The summed E-state index contributed by atoms with van der Waals surface area (Å²) >= 11 is 0. The number of carbonyl (C=O) groups excluding carboxylic acids is 2. The number of hydrogen-bond donors (Lipinski definition) is 3. The summed E-state index contributed by atoms with van der Waals surface area (Å²) in [5, 5.41) is 5.29. The maximum absolute atomic E-state index is 12.0. The third-order valence-electron chi connectivity index (χ3n) is 2.99. The van der Waals surface area contributed by atoms with E-state index >= 15 is 0 Å². The molecule has 0 saturated carbocycles. The average molecular weight is 283 g/mol. The molecule has 5 nitrogen and oxygen atoms in total. The van der Waals surface area contributed by atoms with Crippen molar-refractivity contribution in [1.29, 1.82) is 0 Å². The molecule has 5 heteroatoms. The van der Waals surface area contributed by atoms with E-state index in [1.165, 1.54) is 5.56 Å². The summed E-state index contributed by atoms with van der Waals surface area (Å²) in [7, 11) is 0. The summed E-state index contributed by atoms with van der Waals surface area (Å²) in [6.07, 6.45) is 0. The first-order valence-electron chi connectivity index (χ1n) is 6.55. The first-order valence-corrected chi connectivity index (χ1v) is 6.55. The second-order valence-electron chi connectivity index (χ2n) is 4.73. The van der Waals surface area contributed by atoms with Gasteiger partial charge >= 0.3 is 6.03 Å². The maximum Gasteiger partial charge on any atom is 0.316 e. The van der Waals surface area contributed by atoms with Crippen LogP contribution in [0, 0.1) is 6.92 Å². The molecule has 0 fully saturated rings. The monoisotopic (exact) mass is 283 g/mol. The second kappa shape index (κ2) is 6.56. The number of nitrogens with two attached hydrogens (primary N) is 1. The molecular weight excluding hydrogens is 266 g/mol. The number of carbonyl (C=O) groups is 2. The molecule has 21 heavy (non-hydrogen) atoms. The molecule has 2 aromatic carbocycles. The summed E-state index contributed by atoms with van der Waals surface area (Å²) in [4.78, 5) is 22.7. The minimum absolute atomic E-state index is 0.166. The van der Waals surface area contributed by atoms with E-state index in [4.69, 9.17) is 5.73 Å². The fraction of sp³-hybridized carbons (Fsp3) is 0.125. The molecular formula is C16H17N3O2. The van der Waals surface area contributed by atoms with Crippen LogP contribution in [0.3, 0.4) is 0 Å². The minimum atomic E-state index is -0.633. The Labute approximate surface area is 123 Å². The SMILES string of the molecule is Cc1ccc(CNC(=O)c2ccc(NC(N)=O)cc2)cc1. The Bertz CT molecular complexity index is 634. The minimum Gasteiger partial charge on any atom is -0.351 e. The van der Waals surface area contributed by atoms with Crippen LogP contribution in [0.2, 0.25) is 0 Å². The van der Waals surface area contributed by atoms with Gasteiger partial charge in [0.15, 0.2) is 0 Å². The number of hydrogen-bond acceptors (Lipinski definition) is 2. The molecule has 0 heterocycles. The lowest BCUT2D eigenvalue weighted by Crippen LogP contribution is -2.23. The van der Waals surface area contributed by atoms with Crippen LogP contribution in [-0.2, 0) is 6.54 Å². The van der Waals surface area contributed by atoms with E-state index in [2.05, 4.69) is 10.6 Å². The summed E-state index contributed by atoms with van der Waals surface area (Å²) in [5.74, 6) is -0.166. The zero-order valence-electron chi connectivity index (χ0n) is 11.7. The van der Waals surface area contributed by atoms with Crippen molar-refractivity contribution in [2.45, 2.75) is 13.5 Å². The molecule has 0 unspecified atom stereocenters. The molecule has 0 bridgehead atoms. The van der Waals surface area contributed by atoms with Crippen molar-refractivity contribution in [1.82, 2.24) is 5.32 Å². The van der Waals surface area contributed by atoms with E-state index in [0.29, 0.717) is 17.8 Å². The molecule has 0 aliphatic heterocycles. The molecule has 3 amide bonds. The largest absolute Gasteiger partial charge is 0.351 e. The van der Waals surface area contributed by atoms with Crippen LogP contribution < -0.4 is 16.4 Å². The molecule has 2 aromatic rings. The summed E-state index contributed by atoms with van der Waals surface area (Å²) < 4.78 is 0. The molecule has 4 N–H and O–H groups in total. The van der Waals surface area contributed by atoms with Crippen molar-refractivity contribution < 1.29 is 9.59 Å². The molecule has 0 spiro atoms. The van der Waals surface area contributed by atoms with Crippen LogP contribution in [0.25, 0.3) is 0 Å².